The first-order chi connectivity index (χ1) is 5.20. The number of carboxylic acid groups (broad SMARTS) is 6. The van der Waals surface area contributed by atoms with E-state index >= 15 is 0 Å². The first-order valence-corrected chi connectivity index (χ1v) is 1.90. The van der Waals surface area contributed by atoms with E-state index in [1.54, 1.807) is 0 Å². The predicted molar refractivity (Wildman–Crippen MR) is 24.1 cm³/mol. The van der Waals surface area contributed by atoms with Gasteiger partial charge in [0, 0.05) is 0 Å². The van der Waals surface area contributed by atoms with Gasteiger partial charge in [-0.2, -0.15) is 0 Å². The Labute approximate surface area is 120 Å². The van der Waals surface area contributed by atoms with Crippen LogP contribution in [0.25, 0.3) is 0 Å². The van der Waals surface area contributed by atoms with E-state index in [9.17, 15) is 0 Å². The predicted octanol–water partition coefficient (Wildman–Crippen LogP) is -12.3. The molecule has 0 aromatic rings. The SMILES string of the molecule is O=C([O-])O.O=C([O-])O.O=C([O-])O.[Li+].[Li+].[Li+]. The molecule has 0 saturated heterocycles. The Morgan fingerprint density at radius 1 is 0.600 bits per heavy atom. The van der Waals surface area contributed by atoms with Crippen LogP contribution < -0.4 is 71.9 Å². The van der Waals surface area contributed by atoms with Crippen LogP contribution in [0.5, 0.6) is 0 Å². The van der Waals surface area contributed by atoms with Gasteiger partial charge in [0.05, 0.1) is 0 Å². The first-order valence-electron chi connectivity index (χ1n) is 1.90. The van der Waals surface area contributed by atoms with Crippen LogP contribution in [-0.4, -0.2) is 33.8 Å². The Bertz CT molecular complexity index is 118. The molecule has 0 aromatic carbocycles. The van der Waals surface area contributed by atoms with Gasteiger partial charge in [-0.1, -0.05) is 0 Å². The molecule has 0 bridgehead atoms. The minimum absolute atomic E-state index is 0. The number of hydrogen-bond donors (Lipinski definition) is 3. The van der Waals surface area contributed by atoms with E-state index in [0.29, 0.717) is 0 Å². The molecule has 0 aliphatic rings. The van der Waals surface area contributed by atoms with E-state index in [1.165, 1.54) is 0 Å². The van der Waals surface area contributed by atoms with Crippen molar-refractivity contribution < 1.29 is 102 Å². The second kappa shape index (κ2) is 29.2. The van der Waals surface area contributed by atoms with Crippen molar-refractivity contribution >= 4 is 18.5 Å². The Balaban J connectivity index is -0.0000000184. The van der Waals surface area contributed by atoms with E-state index in [2.05, 4.69) is 0 Å². The van der Waals surface area contributed by atoms with Gasteiger partial charge in [-0.05, 0) is 0 Å². The van der Waals surface area contributed by atoms with E-state index in [-0.39, 0.29) is 56.6 Å². The molecule has 0 aromatic heterocycles. The molecule has 0 heterocycles. The van der Waals surface area contributed by atoms with Gasteiger partial charge in [0.1, 0.15) is 0 Å². The molecule has 0 saturated carbocycles. The van der Waals surface area contributed by atoms with Gasteiger partial charge in [-0.3, -0.25) is 0 Å². The van der Waals surface area contributed by atoms with Crippen LogP contribution in [-0.2, 0) is 0 Å². The quantitative estimate of drug-likeness (QED) is 0.322. The molecule has 0 rings (SSSR count). The number of carbonyl (C=O) groups is 3. The Hall–Kier alpha value is -0.398. The molecule has 0 aliphatic carbocycles. The van der Waals surface area contributed by atoms with Crippen LogP contribution in [0.1, 0.15) is 0 Å². The molecule has 72 valence electrons. The molecule has 9 nitrogen and oxygen atoms in total. The third kappa shape index (κ3) is 11600. The van der Waals surface area contributed by atoms with Crippen LogP contribution in [0, 0.1) is 0 Å². The van der Waals surface area contributed by atoms with E-state index < -0.39 is 18.5 Å². The third-order valence-corrected chi connectivity index (χ3v) is 0. The van der Waals surface area contributed by atoms with Gasteiger partial charge in [-0.15, -0.1) is 0 Å². The van der Waals surface area contributed by atoms with Crippen LogP contribution in [0.4, 0.5) is 14.4 Å². The zero-order chi connectivity index (χ0) is 10.7. The van der Waals surface area contributed by atoms with Gasteiger partial charge < -0.3 is 45.0 Å². The normalized spacial score (nSPS) is 4.80. The van der Waals surface area contributed by atoms with Crippen molar-refractivity contribution in [2.45, 2.75) is 0 Å². The average Bonchev–Trinajstić information content (AvgIpc) is 1.54. The molecule has 15 heavy (non-hydrogen) atoms. The maximum atomic E-state index is 8.44. The molecular formula is C3H3Li3O9. The molecule has 0 spiro atoms. The van der Waals surface area contributed by atoms with Gasteiger partial charge >= 0.3 is 56.6 Å². The number of rotatable bonds is 0. The summed E-state index contributed by atoms with van der Waals surface area (Å²) >= 11 is 0. The minimum Gasteiger partial charge on any atom is -0.565 e. The van der Waals surface area contributed by atoms with Crippen molar-refractivity contribution in [3.63, 3.8) is 0 Å². The van der Waals surface area contributed by atoms with Crippen LogP contribution in [0.15, 0.2) is 0 Å². The van der Waals surface area contributed by atoms with E-state index in [4.69, 9.17) is 45.0 Å². The number of hydrogen-bond acceptors (Lipinski definition) is 6. The van der Waals surface area contributed by atoms with E-state index in [1.807, 2.05) is 0 Å². The second-order valence-corrected chi connectivity index (χ2v) is 0.798. The molecule has 0 amide bonds. The molecule has 0 aliphatic heterocycles. The molecule has 0 unspecified atom stereocenters. The first kappa shape index (κ1) is 36.5. The van der Waals surface area contributed by atoms with Crippen molar-refractivity contribution in [3.8, 4) is 0 Å². The summed E-state index contributed by atoms with van der Waals surface area (Å²) in [5.41, 5.74) is 0. The average molecular weight is 204 g/mol. The Kier molecular flexibility index (Phi) is 71.1. The van der Waals surface area contributed by atoms with Gasteiger partial charge in [-0.25, -0.2) is 0 Å². The summed E-state index contributed by atoms with van der Waals surface area (Å²) in [5, 5.41) is 45.9. The van der Waals surface area contributed by atoms with Crippen LogP contribution in [0.3, 0.4) is 0 Å². The monoisotopic (exact) mass is 204 g/mol. The Morgan fingerprint density at radius 3 is 0.600 bits per heavy atom. The smallest absolute Gasteiger partial charge is 0.565 e. The molecule has 0 radical (unpaired) electrons. The Morgan fingerprint density at radius 2 is 0.600 bits per heavy atom. The third-order valence-electron chi connectivity index (χ3n) is 0. The topological polar surface area (TPSA) is 181 Å². The van der Waals surface area contributed by atoms with Crippen molar-refractivity contribution in [2.24, 2.45) is 0 Å². The second-order valence-electron chi connectivity index (χ2n) is 0.798. The molecule has 0 fully saturated rings. The minimum atomic E-state index is -2.08. The zero-order valence-electron chi connectivity index (χ0n) is 8.29. The fourth-order valence-corrected chi connectivity index (χ4v) is 0. The molecular weight excluding hydrogens is 201 g/mol. The van der Waals surface area contributed by atoms with Crippen molar-refractivity contribution in [1.29, 1.82) is 0 Å². The van der Waals surface area contributed by atoms with Crippen molar-refractivity contribution in [3.05, 3.63) is 0 Å². The summed E-state index contributed by atoms with van der Waals surface area (Å²) in [4.78, 5) is 25.3. The fraction of sp³-hybridized carbons (Fsp3) is 0. The maximum Gasteiger partial charge on any atom is 1.00 e. The molecule has 12 heteroatoms. The summed E-state index contributed by atoms with van der Waals surface area (Å²) in [6.45, 7) is 0. The maximum absolute atomic E-state index is 8.44. The van der Waals surface area contributed by atoms with E-state index in [0.717, 1.165) is 0 Å². The summed E-state index contributed by atoms with van der Waals surface area (Å²) < 4.78 is 0. The summed E-state index contributed by atoms with van der Waals surface area (Å²) in [6, 6.07) is 0. The molecule has 3 N–H and O–H groups in total. The largest absolute Gasteiger partial charge is 1.00 e. The summed E-state index contributed by atoms with van der Waals surface area (Å²) in [7, 11) is 0. The molecule has 0 atom stereocenters. The standard InChI is InChI=1S/3CH2O3.3Li/c3*2-1(3)4;;;/h3*(H2,2,3,4);;;/q;;;3*+1/p-3. The fourth-order valence-electron chi connectivity index (χ4n) is 0. The van der Waals surface area contributed by atoms with Crippen LogP contribution in [0.2, 0.25) is 0 Å². The van der Waals surface area contributed by atoms with Gasteiger partial charge in [0.15, 0.2) is 0 Å². The van der Waals surface area contributed by atoms with Crippen molar-refractivity contribution in [2.75, 3.05) is 0 Å². The summed E-state index contributed by atoms with van der Waals surface area (Å²) in [5.74, 6) is 0. The van der Waals surface area contributed by atoms with Crippen molar-refractivity contribution in [1.82, 2.24) is 0 Å². The van der Waals surface area contributed by atoms with Gasteiger partial charge in [0.25, 0.3) is 0 Å². The summed E-state index contributed by atoms with van der Waals surface area (Å²) in [6.07, 6.45) is -6.25. The zero-order valence-corrected chi connectivity index (χ0v) is 8.29. The van der Waals surface area contributed by atoms with Crippen LogP contribution >= 0.6 is 0 Å². The van der Waals surface area contributed by atoms with Gasteiger partial charge in [0.2, 0.25) is 18.5 Å².